The van der Waals surface area contributed by atoms with Crippen LogP contribution in [0.2, 0.25) is 0 Å². The monoisotopic (exact) mass is 459 g/mol. The Hall–Kier alpha value is -2.88. The van der Waals surface area contributed by atoms with Gasteiger partial charge in [0.2, 0.25) is 0 Å². The lowest BCUT2D eigenvalue weighted by Crippen LogP contribution is -2.51. The van der Waals surface area contributed by atoms with Gasteiger partial charge in [-0.3, -0.25) is 4.79 Å². The zero-order valence-electron chi connectivity index (χ0n) is 16.2. The SMILES string of the molecule is C#C[C@](C)(O)C1COc2c(cn(C)c2C(=O)Nc2ccc(F)c(C(F)(F)F)c2)S(=O)N1. The number of amides is 1. The van der Waals surface area contributed by atoms with Crippen molar-refractivity contribution in [1.29, 1.82) is 0 Å². The van der Waals surface area contributed by atoms with Gasteiger partial charge in [0.15, 0.2) is 11.4 Å². The van der Waals surface area contributed by atoms with Gasteiger partial charge >= 0.3 is 6.18 Å². The van der Waals surface area contributed by atoms with Crippen molar-refractivity contribution in [2.45, 2.75) is 29.6 Å². The van der Waals surface area contributed by atoms with Gasteiger partial charge in [-0.1, -0.05) is 5.92 Å². The van der Waals surface area contributed by atoms with Gasteiger partial charge in [0, 0.05) is 18.9 Å². The van der Waals surface area contributed by atoms with Crippen molar-refractivity contribution >= 4 is 22.6 Å². The number of benzene rings is 1. The standard InChI is InChI=1S/C19H17F4N3O4S/c1-4-18(2,28)14-9-30-16-13(31(29)25-14)8-26(3)15(16)17(27)24-10-5-6-12(20)11(7-10)19(21,22)23/h1,5-8,14,25,28H,9H2,2-3H3,(H,24,27)/t14?,18-,31?/m0/s1. The zero-order chi connectivity index (χ0) is 23.1. The predicted molar refractivity (Wildman–Crippen MR) is 103 cm³/mol. The number of fused-ring (bicyclic) bond motifs is 1. The second kappa shape index (κ2) is 7.99. The first-order chi connectivity index (χ1) is 14.3. The fourth-order valence-electron chi connectivity index (χ4n) is 2.89. The molecule has 1 aromatic heterocycles. The Balaban J connectivity index is 1.92. The smallest absolute Gasteiger partial charge is 0.419 e. The summed E-state index contributed by atoms with van der Waals surface area (Å²) in [7, 11) is -0.462. The van der Waals surface area contributed by atoms with Crippen LogP contribution in [0.4, 0.5) is 23.2 Å². The summed E-state index contributed by atoms with van der Waals surface area (Å²) in [5.74, 6) is -0.280. The Kier molecular flexibility index (Phi) is 5.88. The number of nitrogens with one attached hydrogen (secondary N) is 2. The van der Waals surface area contributed by atoms with Crippen LogP contribution in [0.15, 0.2) is 29.3 Å². The topological polar surface area (TPSA) is 92.6 Å². The molecule has 0 bridgehead atoms. The number of hydrogen-bond acceptors (Lipinski definition) is 4. The van der Waals surface area contributed by atoms with Crippen molar-refractivity contribution < 1.29 is 36.4 Å². The van der Waals surface area contributed by atoms with Crippen LogP contribution in [-0.4, -0.2) is 38.0 Å². The Morgan fingerprint density at radius 3 is 2.74 bits per heavy atom. The number of rotatable bonds is 3. The van der Waals surface area contributed by atoms with Gasteiger partial charge < -0.3 is 19.7 Å². The quantitative estimate of drug-likeness (QED) is 0.485. The zero-order valence-corrected chi connectivity index (χ0v) is 17.0. The predicted octanol–water partition coefficient (Wildman–Crippen LogP) is 2.19. The molecular formula is C19H17F4N3O4S. The molecule has 7 nitrogen and oxygen atoms in total. The molecule has 0 aliphatic carbocycles. The molecule has 1 aliphatic heterocycles. The molecule has 2 unspecified atom stereocenters. The van der Waals surface area contributed by atoms with E-state index in [1.807, 2.05) is 0 Å². The summed E-state index contributed by atoms with van der Waals surface area (Å²) in [6.45, 7) is 1.08. The van der Waals surface area contributed by atoms with E-state index in [0.29, 0.717) is 12.1 Å². The summed E-state index contributed by atoms with van der Waals surface area (Å²) in [6, 6.07) is 1.10. The molecular weight excluding hydrogens is 442 g/mol. The van der Waals surface area contributed by atoms with Crippen LogP contribution in [0.3, 0.4) is 0 Å². The van der Waals surface area contributed by atoms with E-state index in [1.165, 1.54) is 24.7 Å². The molecule has 1 aromatic carbocycles. The number of aliphatic hydroxyl groups is 1. The number of anilines is 1. The summed E-state index contributed by atoms with van der Waals surface area (Å²) in [5, 5.41) is 12.5. The number of carbonyl (C=O) groups excluding carboxylic acids is 1. The van der Waals surface area contributed by atoms with Crippen LogP contribution in [0.25, 0.3) is 0 Å². The Morgan fingerprint density at radius 2 is 2.13 bits per heavy atom. The molecule has 31 heavy (non-hydrogen) atoms. The van der Waals surface area contributed by atoms with Crippen LogP contribution in [0.1, 0.15) is 23.0 Å². The highest BCUT2D eigenvalue weighted by molar-refractivity contribution is 7.83. The number of terminal acetylenes is 1. The third-order valence-corrected chi connectivity index (χ3v) is 5.85. The molecule has 2 heterocycles. The maximum Gasteiger partial charge on any atom is 0.419 e. The van der Waals surface area contributed by atoms with Crippen LogP contribution < -0.4 is 14.8 Å². The lowest BCUT2D eigenvalue weighted by atomic mass is 9.99. The molecule has 1 amide bonds. The average molecular weight is 459 g/mol. The number of nitrogens with zero attached hydrogens (tertiary/aromatic N) is 1. The first kappa shape index (κ1) is 22.8. The summed E-state index contributed by atoms with van der Waals surface area (Å²) in [6.07, 6.45) is 1.68. The number of alkyl halides is 3. The highest BCUT2D eigenvalue weighted by Gasteiger charge is 2.38. The summed E-state index contributed by atoms with van der Waals surface area (Å²) in [4.78, 5) is 12.9. The van der Waals surface area contributed by atoms with Crippen molar-refractivity contribution in [3.05, 3.63) is 41.5 Å². The summed E-state index contributed by atoms with van der Waals surface area (Å²) < 4.78 is 74.4. The van der Waals surface area contributed by atoms with E-state index in [-0.39, 0.29) is 28.6 Å². The minimum Gasteiger partial charge on any atom is -0.488 e. The fraction of sp³-hybridized carbons (Fsp3) is 0.316. The van der Waals surface area contributed by atoms with Crippen molar-refractivity contribution in [2.24, 2.45) is 7.05 Å². The molecule has 0 saturated carbocycles. The van der Waals surface area contributed by atoms with Crippen molar-refractivity contribution in [1.82, 2.24) is 9.29 Å². The minimum absolute atomic E-state index is 0.0815. The number of aromatic nitrogens is 1. The van der Waals surface area contributed by atoms with E-state index in [0.717, 1.165) is 6.07 Å². The Labute approximate surface area is 177 Å². The summed E-state index contributed by atoms with van der Waals surface area (Å²) in [5.41, 5.74) is -3.66. The van der Waals surface area contributed by atoms with E-state index in [4.69, 9.17) is 11.2 Å². The fourth-order valence-corrected chi connectivity index (χ4v) is 4.15. The third kappa shape index (κ3) is 4.43. The molecule has 0 spiro atoms. The van der Waals surface area contributed by atoms with Gasteiger partial charge in [-0.2, -0.15) is 13.2 Å². The van der Waals surface area contributed by atoms with Crippen molar-refractivity contribution in [2.75, 3.05) is 11.9 Å². The molecule has 12 heteroatoms. The second-order valence-corrected chi connectivity index (χ2v) is 8.18. The lowest BCUT2D eigenvalue weighted by Gasteiger charge is -2.26. The first-order valence-corrected chi connectivity index (χ1v) is 9.88. The first-order valence-electron chi connectivity index (χ1n) is 8.73. The second-order valence-electron chi connectivity index (χ2n) is 6.97. The van der Waals surface area contributed by atoms with Gasteiger partial charge in [-0.25, -0.2) is 13.3 Å². The maximum atomic E-state index is 13.5. The number of ether oxygens (including phenoxy) is 1. The normalized spacial score (nSPS) is 20.6. The summed E-state index contributed by atoms with van der Waals surface area (Å²) >= 11 is 0. The molecule has 3 atom stereocenters. The molecule has 3 N–H and O–H groups in total. The number of hydrogen-bond donors (Lipinski definition) is 3. The van der Waals surface area contributed by atoms with Crippen LogP contribution in [-0.2, 0) is 24.2 Å². The van der Waals surface area contributed by atoms with Gasteiger partial charge in [0.25, 0.3) is 5.91 Å². The van der Waals surface area contributed by atoms with E-state index >= 15 is 0 Å². The van der Waals surface area contributed by atoms with Gasteiger partial charge in [0.05, 0.1) is 11.6 Å². The maximum absolute atomic E-state index is 13.5. The van der Waals surface area contributed by atoms with Crippen molar-refractivity contribution in [3.8, 4) is 18.1 Å². The number of aryl methyl sites for hydroxylation is 1. The van der Waals surface area contributed by atoms with E-state index in [1.54, 1.807) is 0 Å². The van der Waals surface area contributed by atoms with Gasteiger partial charge in [-0.15, -0.1) is 6.42 Å². The molecule has 0 radical (unpaired) electrons. The Bertz CT molecular complexity index is 1100. The van der Waals surface area contributed by atoms with Gasteiger partial charge in [-0.05, 0) is 25.1 Å². The third-order valence-electron chi connectivity index (χ3n) is 4.66. The average Bonchev–Trinajstić information content (AvgIpc) is 2.92. The van der Waals surface area contributed by atoms with E-state index in [2.05, 4.69) is 16.0 Å². The van der Waals surface area contributed by atoms with Crippen LogP contribution in [0, 0.1) is 18.2 Å². The molecule has 166 valence electrons. The molecule has 3 rings (SSSR count). The number of carbonyl (C=O) groups is 1. The minimum atomic E-state index is -4.94. The molecule has 2 aromatic rings. The molecule has 0 fully saturated rings. The van der Waals surface area contributed by atoms with E-state index in [9.17, 15) is 31.7 Å². The van der Waals surface area contributed by atoms with Crippen LogP contribution >= 0.6 is 0 Å². The van der Waals surface area contributed by atoms with Gasteiger partial charge in [0.1, 0.15) is 33.9 Å². The van der Waals surface area contributed by atoms with Crippen molar-refractivity contribution in [3.63, 3.8) is 0 Å². The highest BCUT2D eigenvalue weighted by atomic mass is 32.2. The largest absolute Gasteiger partial charge is 0.488 e. The number of halogens is 4. The molecule has 0 saturated heterocycles. The van der Waals surface area contributed by atoms with E-state index < -0.39 is 46.1 Å². The molecule has 1 aliphatic rings. The lowest BCUT2D eigenvalue weighted by molar-refractivity contribution is -0.139. The van der Waals surface area contributed by atoms with Crippen LogP contribution in [0.5, 0.6) is 5.75 Å². The highest BCUT2D eigenvalue weighted by Crippen LogP contribution is 2.35. The Morgan fingerprint density at radius 1 is 1.45 bits per heavy atom.